The van der Waals surface area contributed by atoms with Crippen LogP contribution in [0, 0.1) is 6.92 Å². The van der Waals surface area contributed by atoms with Crippen molar-refractivity contribution in [2.24, 2.45) is 4.99 Å². The first-order chi connectivity index (χ1) is 7.47. The van der Waals surface area contributed by atoms with Gasteiger partial charge < -0.3 is 10.2 Å². The molecular weight excluding hydrogens is 230 g/mol. The topological polar surface area (TPSA) is 87.0 Å². The third kappa shape index (κ3) is 2.31. The molecule has 6 heteroatoms. The zero-order chi connectivity index (χ0) is 12.3. The third-order valence-electron chi connectivity index (χ3n) is 1.94. The quantitative estimate of drug-likeness (QED) is 0.621. The second-order valence-electron chi connectivity index (χ2n) is 3.00. The van der Waals surface area contributed by atoms with E-state index in [1.807, 2.05) is 5.16 Å². The van der Waals surface area contributed by atoms with Crippen molar-refractivity contribution in [1.29, 1.82) is 0 Å². The summed E-state index contributed by atoms with van der Waals surface area (Å²) in [4.78, 5) is 25.2. The van der Waals surface area contributed by atoms with Gasteiger partial charge in [0.1, 0.15) is 0 Å². The van der Waals surface area contributed by atoms with Gasteiger partial charge in [0.2, 0.25) is 0 Å². The number of isothiocyanates is 1. The third-order valence-corrected chi connectivity index (χ3v) is 2.03. The molecule has 0 fully saturated rings. The first-order valence-electron chi connectivity index (χ1n) is 4.16. The zero-order valence-corrected chi connectivity index (χ0v) is 9.04. The fourth-order valence-corrected chi connectivity index (χ4v) is 1.41. The fourth-order valence-electron chi connectivity index (χ4n) is 1.31. The van der Waals surface area contributed by atoms with E-state index in [0.717, 1.165) is 6.07 Å². The van der Waals surface area contributed by atoms with Crippen molar-refractivity contribution < 1.29 is 19.8 Å². The fraction of sp³-hybridized carbons (Fsp3) is 0.100. The Morgan fingerprint density at radius 1 is 1.31 bits per heavy atom. The number of aryl methyl sites for hydroxylation is 1. The summed E-state index contributed by atoms with van der Waals surface area (Å²) < 4.78 is 0. The van der Waals surface area contributed by atoms with Gasteiger partial charge in [-0.05, 0) is 36.8 Å². The first kappa shape index (κ1) is 12.0. The van der Waals surface area contributed by atoms with Gasteiger partial charge in [-0.25, -0.2) is 9.59 Å². The Morgan fingerprint density at radius 2 is 1.94 bits per heavy atom. The lowest BCUT2D eigenvalue weighted by Gasteiger charge is -2.05. The summed E-state index contributed by atoms with van der Waals surface area (Å²) in [6.45, 7) is 1.50. The molecule has 0 bridgehead atoms. The summed E-state index contributed by atoms with van der Waals surface area (Å²) in [5.74, 6) is -2.33. The van der Waals surface area contributed by atoms with Crippen LogP contribution >= 0.6 is 12.2 Å². The standard InChI is InChI=1S/C10H7NO4S/c1-5-2-6(9(12)13)3-7(11-4-16)8(5)10(14)15/h2-3H,1H3,(H,12,13)(H,14,15). The number of rotatable bonds is 3. The van der Waals surface area contributed by atoms with Crippen molar-refractivity contribution in [3.8, 4) is 0 Å². The second kappa shape index (κ2) is 4.65. The van der Waals surface area contributed by atoms with E-state index in [9.17, 15) is 9.59 Å². The van der Waals surface area contributed by atoms with Gasteiger partial charge >= 0.3 is 11.9 Å². The van der Waals surface area contributed by atoms with E-state index >= 15 is 0 Å². The van der Waals surface area contributed by atoms with E-state index < -0.39 is 11.9 Å². The lowest BCUT2D eigenvalue weighted by Crippen LogP contribution is -2.04. The van der Waals surface area contributed by atoms with E-state index in [-0.39, 0.29) is 16.8 Å². The summed E-state index contributed by atoms with van der Waals surface area (Å²) in [5.41, 5.74) is 0.213. The number of hydrogen-bond donors (Lipinski definition) is 2. The number of carbonyl (C=O) groups is 2. The average Bonchev–Trinajstić information content (AvgIpc) is 2.16. The van der Waals surface area contributed by atoms with Gasteiger partial charge in [0.05, 0.1) is 22.0 Å². The monoisotopic (exact) mass is 237 g/mol. The highest BCUT2D eigenvalue weighted by Crippen LogP contribution is 2.24. The molecule has 1 aromatic rings. The van der Waals surface area contributed by atoms with E-state index in [0.29, 0.717) is 5.56 Å². The molecule has 0 aliphatic heterocycles. The van der Waals surface area contributed by atoms with Crippen LogP contribution in [0.4, 0.5) is 5.69 Å². The SMILES string of the molecule is Cc1cc(C(=O)O)cc(N=C=S)c1C(=O)O. The molecule has 0 atom stereocenters. The Balaban J connectivity index is 3.57. The molecule has 0 unspecified atom stereocenters. The van der Waals surface area contributed by atoms with Gasteiger partial charge in [0.25, 0.3) is 0 Å². The number of aliphatic imine (C=N–C) groups is 1. The molecule has 0 heterocycles. The molecule has 0 aliphatic carbocycles. The average molecular weight is 237 g/mol. The minimum atomic E-state index is -1.18. The van der Waals surface area contributed by atoms with E-state index in [4.69, 9.17) is 10.2 Å². The highest BCUT2D eigenvalue weighted by molar-refractivity contribution is 7.78. The van der Waals surface area contributed by atoms with E-state index in [2.05, 4.69) is 17.2 Å². The highest BCUT2D eigenvalue weighted by atomic mass is 32.1. The summed E-state index contributed by atoms with van der Waals surface area (Å²) in [5, 5.41) is 19.8. The summed E-state index contributed by atoms with van der Waals surface area (Å²) in [7, 11) is 0. The Labute approximate surface area is 96.1 Å². The minimum Gasteiger partial charge on any atom is -0.478 e. The number of carboxylic acids is 2. The van der Waals surface area contributed by atoms with Crippen molar-refractivity contribution in [2.75, 3.05) is 0 Å². The summed E-state index contributed by atoms with van der Waals surface area (Å²) >= 11 is 4.38. The molecule has 16 heavy (non-hydrogen) atoms. The Morgan fingerprint density at radius 3 is 2.38 bits per heavy atom. The summed E-state index contributed by atoms with van der Waals surface area (Å²) in [6.07, 6.45) is 0. The van der Waals surface area contributed by atoms with Gasteiger partial charge in [0, 0.05) is 0 Å². The Kier molecular flexibility index (Phi) is 3.50. The number of aromatic carboxylic acids is 2. The number of hydrogen-bond acceptors (Lipinski definition) is 4. The molecule has 0 saturated heterocycles. The lowest BCUT2D eigenvalue weighted by atomic mass is 10.0. The predicted octanol–water partition coefficient (Wildman–Crippen LogP) is 2.13. The largest absolute Gasteiger partial charge is 0.478 e. The van der Waals surface area contributed by atoms with E-state index in [1.54, 1.807) is 0 Å². The van der Waals surface area contributed by atoms with Crippen LogP contribution in [0.5, 0.6) is 0 Å². The maximum Gasteiger partial charge on any atom is 0.338 e. The second-order valence-corrected chi connectivity index (χ2v) is 3.18. The number of nitrogens with zero attached hydrogens (tertiary/aromatic N) is 1. The number of thiocarbonyl (C=S) groups is 1. The molecule has 0 spiro atoms. The smallest absolute Gasteiger partial charge is 0.338 e. The molecule has 0 aliphatic rings. The minimum absolute atomic E-state index is 0.0000926. The molecule has 5 nitrogen and oxygen atoms in total. The van der Waals surface area contributed by atoms with E-state index in [1.165, 1.54) is 13.0 Å². The lowest BCUT2D eigenvalue weighted by molar-refractivity contribution is 0.0681. The van der Waals surface area contributed by atoms with Crippen LogP contribution in [0.25, 0.3) is 0 Å². The molecule has 1 rings (SSSR count). The number of carboxylic acid groups (broad SMARTS) is 2. The number of benzene rings is 1. The van der Waals surface area contributed by atoms with Gasteiger partial charge in [-0.15, -0.1) is 0 Å². The van der Waals surface area contributed by atoms with Crippen LogP contribution in [0.2, 0.25) is 0 Å². The first-order valence-corrected chi connectivity index (χ1v) is 4.57. The predicted molar refractivity (Wildman–Crippen MR) is 59.8 cm³/mol. The van der Waals surface area contributed by atoms with Crippen molar-refractivity contribution in [3.05, 3.63) is 28.8 Å². The maximum atomic E-state index is 10.9. The van der Waals surface area contributed by atoms with Crippen LogP contribution in [0.3, 0.4) is 0 Å². The normalized spacial score (nSPS) is 9.31. The maximum absolute atomic E-state index is 10.9. The Bertz CT molecular complexity index is 518. The van der Waals surface area contributed by atoms with Crippen LogP contribution in [-0.2, 0) is 0 Å². The molecule has 82 valence electrons. The van der Waals surface area contributed by atoms with Gasteiger partial charge in [0.15, 0.2) is 0 Å². The highest BCUT2D eigenvalue weighted by Gasteiger charge is 2.16. The van der Waals surface area contributed by atoms with Crippen molar-refractivity contribution in [2.45, 2.75) is 6.92 Å². The molecular formula is C10H7NO4S. The van der Waals surface area contributed by atoms with Crippen LogP contribution in [-0.4, -0.2) is 27.3 Å². The molecule has 0 radical (unpaired) electrons. The van der Waals surface area contributed by atoms with Crippen LogP contribution in [0.1, 0.15) is 26.3 Å². The van der Waals surface area contributed by atoms with Crippen molar-refractivity contribution >= 4 is 35.0 Å². The van der Waals surface area contributed by atoms with Crippen molar-refractivity contribution in [1.82, 2.24) is 0 Å². The van der Waals surface area contributed by atoms with Crippen molar-refractivity contribution in [3.63, 3.8) is 0 Å². The van der Waals surface area contributed by atoms with Gasteiger partial charge in [-0.1, -0.05) is 0 Å². The molecule has 1 aromatic carbocycles. The van der Waals surface area contributed by atoms with Gasteiger partial charge in [-0.3, -0.25) is 0 Å². The zero-order valence-electron chi connectivity index (χ0n) is 8.22. The molecule has 2 N–H and O–H groups in total. The Hall–Kier alpha value is -2.04. The molecule has 0 amide bonds. The summed E-state index contributed by atoms with van der Waals surface area (Å²) in [6, 6.07) is 2.42. The van der Waals surface area contributed by atoms with Crippen LogP contribution < -0.4 is 0 Å². The molecule has 0 saturated carbocycles. The van der Waals surface area contributed by atoms with Crippen LogP contribution in [0.15, 0.2) is 17.1 Å². The molecule has 0 aromatic heterocycles. The van der Waals surface area contributed by atoms with Gasteiger partial charge in [-0.2, -0.15) is 4.99 Å².